The minimum atomic E-state index is -0.956. The van der Waals surface area contributed by atoms with Gasteiger partial charge in [0, 0.05) is 51.0 Å². The van der Waals surface area contributed by atoms with Crippen molar-refractivity contribution in [3.8, 4) is 0 Å². The van der Waals surface area contributed by atoms with E-state index in [0.29, 0.717) is 12.6 Å². The summed E-state index contributed by atoms with van der Waals surface area (Å²) in [5.41, 5.74) is 2.27. The van der Waals surface area contributed by atoms with Gasteiger partial charge < -0.3 is 5.11 Å². The third kappa shape index (κ3) is 3.83. The van der Waals surface area contributed by atoms with Crippen molar-refractivity contribution >= 4 is 5.97 Å². The Morgan fingerprint density at radius 2 is 2.12 bits per heavy atom. The second-order valence-corrected chi connectivity index (χ2v) is 6.56. The molecule has 24 heavy (non-hydrogen) atoms. The highest BCUT2D eigenvalue weighted by Crippen LogP contribution is 2.20. The van der Waals surface area contributed by atoms with Gasteiger partial charge in [-0.05, 0) is 19.0 Å². The van der Waals surface area contributed by atoms with E-state index >= 15 is 0 Å². The number of likely N-dealkylation sites (N-methyl/N-ethyl adjacent to an activating group) is 1. The van der Waals surface area contributed by atoms with E-state index < -0.39 is 5.97 Å². The van der Waals surface area contributed by atoms with Crippen LogP contribution in [-0.2, 0) is 20.1 Å². The van der Waals surface area contributed by atoms with Crippen LogP contribution < -0.4 is 0 Å². The van der Waals surface area contributed by atoms with Gasteiger partial charge in [0.2, 0.25) is 0 Å². The Bertz CT molecular complexity index is 698. The van der Waals surface area contributed by atoms with Gasteiger partial charge in [-0.25, -0.2) is 4.79 Å². The van der Waals surface area contributed by atoms with Gasteiger partial charge in [0.1, 0.15) is 0 Å². The Hall–Kier alpha value is -2.18. The summed E-state index contributed by atoms with van der Waals surface area (Å²) >= 11 is 0. The molecule has 1 aromatic heterocycles. The quantitative estimate of drug-likeness (QED) is 0.876. The molecule has 0 amide bonds. The average molecular weight is 328 g/mol. The number of rotatable bonds is 6. The SMILES string of the molecule is CN(Cc1ccccc1)C1CCN(Cc2cn(C)nc2C(=O)O)C1. The van der Waals surface area contributed by atoms with E-state index in [1.54, 1.807) is 11.7 Å². The summed E-state index contributed by atoms with van der Waals surface area (Å²) in [5, 5.41) is 13.3. The summed E-state index contributed by atoms with van der Waals surface area (Å²) in [5.74, 6) is -0.956. The lowest BCUT2D eigenvalue weighted by atomic mass is 10.1. The van der Waals surface area contributed by atoms with Gasteiger partial charge in [0.25, 0.3) is 0 Å². The normalized spacial score (nSPS) is 18.4. The Labute approximate surface area is 142 Å². The summed E-state index contributed by atoms with van der Waals surface area (Å²) in [6, 6.07) is 11.0. The first-order chi connectivity index (χ1) is 11.5. The topological polar surface area (TPSA) is 61.6 Å². The third-order valence-electron chi connectivity index (χ3n) is 4.65. The molecule has 1 aliphatic rings. The number of carboxylic acids is 1. The molecule has 1 aromatic carbocycles. The van der Waals surface area contributed by atoms with Gasteiger partial charge >= 0.3 is 5.97 Å². The predicted molar refractivity (Wildman–Crippen MR) is 91.8 cm³/mol. The lowest BCUT2D eigenvalue weighted by molar-refractivity contribution is 0.0687. The van der Waals surface area contributed by atoms with Crippen molar-refractivity contribution in [1.29, 1.82) is 0 Å². The van der Waals surface area contributed by atoms with E-state index in [0.717, 1.165) is 31.6 Å². The van der Waals surface area contributed by atoms with Crippen LogP contribution in [-0.4, -0.2) is 56.8 Å². The number of nitrogens with zero attached hydrogens (tertiary/aromatic N) is 4. The first-order valence-corrected chi connectivity index (χ1v) is 8.25. The number of aromatic carboxylic acids is 1. The summed E-state index contributed by atoms with van der Waals surface area (Å²) < 4.78 is 1.58. The van der Waals surface area contributed by atoms with E-state index in [1.165, 1.54) is 5.56 Å². The van der Waals surface area contributed by atoms with Gasteiger partial charge in [-0.15, -0.1) is 0 Å². The van der Waals surface area contributed by atoms with Gasteiger partial charge in [0.05, 0.1) is 0 Å². The van der Waals surface area contributed by atoms with Crippen LogP contribution in [0.25, 0.3) is 0 Å². The molecule has 1 atom stereocenters. The molecule has 1 unspecified atom stereocenters. The molecule has 0 bridgehead atoms. The number of carboxylic acid groups (broad SMARTS) is 1. The van der Waals surface area contributed by atoms with Crippen molar-refractivity contribution in [3.05, 3.63) is 53.3 Å². The lowest BCUT2D eigenvalue weighted by Gasteiger charge is -2.24. The summed E-state index contributed by atoms with van der Waals surface area (Å²) in [6.45, 7) is 3.52. The fourth-order valence-electron chi connectivity index (χ4n) is 3.39. The van der Waals surface area contributed by atoms with Gasteiger partial charge in [0.15, 0.2) is 5.69 Å². The van der Waals surface area contributed by atoms with Gasteiger partial charge in [-0.2, -0.15) is 5.10 Å². The van der Waals surface area contributed by atoms with Crippen LogP contribution in [0, 0.1) is 0 Å². The van der Waals surface area contributed by atoms with Crippen molar-refractivity contribution in [2.75, 3.05) is 20.1 Å². The molecule has 6 nitrogen and oxygen atoms in total. The zero-order valence-electron chi connectivity index (χ0n) is 14.2. The summed E-state index contributed by atoms with van der Waals surface area (Å²) in [7, 11) is 3.92. The number of hydrogen-bond donors (Lipinski definition) is 1. The molecule has 2 heterocycles. The molecule has 1 fully saturated rings. The maximum atomic E-state index is 11.3. The van der Waals surface area contributed by atoms with Crippen LogP contribution in [0.5, 0.6) is 0 Å². The van der Waals surface area contributed by atoms with E-state index in [9.17, 15) is 9.90 Å². The summed E-state index contributed by atoms with van der Waals surface area (Å²) in [6.07, 6.45) is 2.91. The Morgan fingerprint density at radius 3 is 2.83 bits per heavy atom. The minimum absolute atomic E-state index is 0.165. The minimum Gasteiger partial charge on any atom is -0.476 e. The molecule has 0 radical (unpaired) electrons. The monoisotopic (exact) mass is 328 g/mol. The molecular formula is C18H24N4O2. The highest BCUT2D eigenvalue weighted by Gasteiger charge is 2.27. The smallest absolute Gasteiger partial charge is 0.356 e. The lowest BCUT2D eigenvalue weighted by Crippen LogP contribution is -2.34. The fourth-order valence-corrected chi connectivity index (χ4v) is 3.39. The zero-order valence-corrected chi connectivity index (χ0v) is 14.2. The van der Waals surface area contributed by atoms with Crippen LogP contribution in [0.3, 0.4) is 0 Å². The first kappa shape index (κ1) is 16.7. The average Bonchev–Trinajstić information content (AvgIpc) is 3.15. The molecule has 0 spiro atoms. The molecule has 128 valence electrons. The molecule has 1 saturated heterocycles. The maximum absolute atomic E-state index is 11.3. The van der Waals surface area contributed by atoms with Crippen molar-refractivity contribution in [1.82, 2.24) is 19.6 Å². The molecule has 0 aliphatic carbocycles. The van der Waals surface area contributed by atoms with Gasteiger partial charge in [-0.3, -0.25) is 14.5 Å². The Kier molecular flexibility index (Phi) is 4.97. The zero-order chi connectivity index (χ0) is 17.1. The molecule has 2 aromatic rings. The van der Waals surface area contributed by atoms with E-state index in [4.69, 9.17) is 0 Å². The van der Waals surface area contributed by atoms with Crippen LogP contribution in [0.15, 0.2) is 36.5 Å². The third-order valence-corrected chi connectivity index (χ3v) is 4.65. The number of likely N-dealkylation sites (tertiary alicyclic amines) is 1. The first-order valence-electron chi connectivity index (χ1n) is 8.25. The number of aryl methyl sites for hydroxylation is 1. The van der Waals surface area contributed by atoms with E-state index in [-0.39, 0.29) is 5.69 Å². The number of benzene rings is 1. The highest BCUT2D eigenvalue weighted by molar-refractivity contribution is 5.86. The highest BCUT2D eigenvalue weighted by atomic mass is 16.4. The molecule has 1 aliphatic heterocycles. The molecule has 6 heteroatoms. The van der Waals surface area contributed by atoms with E-state index in [1.807, 2.05) is 12.3 Å². The number of hydrogen-bond acceptors (Lipinski definition) is 4. The van der Waals surface area contributed by atoms with Crippen molar-refractivity contribution in [2.45, 2.75) is 25.6 Å². The molecule has 3 rings (SSSR count). The summed E-state index contributed by atoms with van der Waals surface area (Å²) in [4.78, 5) is 16.0. The standard InChI is InChI=1S/C18H24N4O2/c1-20(10-14-6-4-3-5-7-14)16-8-9-22(13-16)12-15-11-21(2)19-17(15)18(23)24/h3-7,11,16H,8-10,12-13H2,1-2H3,(H,23,24). The largest absolute Gasteiger partial charge is 0.476 e. The van der Waals surface area contributed by atoms with Gasteiger partial charge in [-0.1, -0.05) is 30.3 Å². The van der Waals surface area contributed by atoms with Crippen molar-refractivity contribution < 1.29 is 9.90 Å². The van der Waals surface area contributed by atoms with Crippen LogP contribution >= 0.6 is 0 Å². The van der Waals surface area contributed by atoms with Crippen molar-refractivity contribution in [2.24, 2.45) is 7.05 Å². The second kappa shape index (κ2) is 7.15. The molecule has 1 N–H and O–H groups in total. The predicted octanol–water partition coefficient (Wildman–Crippen LogP) is 1.82. The Morgan fingerprint density at radius 1 is 1.38 bits per heavy atom. The number of carbonyl (C=O) groups is 1. The van der Waals surface area contributed by atoms with Crippen LogP contribution in [0.2, 0.25) is 0 Å². The van der Waals surface area contributed by atoms with Crippen LogP contribution in [0.4, 0.5) is 0 Å². The maximum Gasteiger partial charge on any atom is 0.356 e. The molecule has 0 saturated carbocycles. The second-order valence-electron chi connectivity index (χ2n) is 6.56. The number of aromatic nitrogens is 2. The van der Waals surface area contributed by atoms with E-state index in [2.05, 4.69) is 46.2 Å². The fraction of sp³-hybridized carbons (Fsp3) is 0.444. The molecular weight excluding hydrogens is 304 g/mol. The van der Waals surface area contributed by atoms with Crippen molar-refractivity contribution in [3.63, 3.8) is 0 Å². The van der Waals surface area contributed by atoms with Crippen LogP contribution in [0.1, 0.15) is 28.0 Å². The Balaban J connectivity index is 1.58.